The summed E-state index contributed by atoms with van der Waals surface area (Å²) in [5.41, 5.74) is 0.684. The number of benzene rings is 1. The maximum Gasteiger partial charge on any atom is 0.457 e. The summed E-state index contributed by atoms with van der Waals surface area (Å²) in [6.45, 7) is 3.75. The molecule has 0 radical (unpaired) electrons. The Kier molecular flexibility index (Phi) is 6.92. The molecule has 2 rings (SSSR count). The summed E-state index contributed by atoms with van der Waals surface area (Å²) in [6, 6.07) is 5.69. The number of halogens is 4. The van der Waals surface area contributed by atoms with Gasteiger partial charge < -0.3 is 4.74 Å². The quantitative estimate of drug-likeness (QED) is 0.355. The van der Waals surface area contributed by atoms with Crippen molar-refractivity contribution in [2.75, 3.05) is 0 Å². The summed E-state index contributed by atoms with van der Waals surface area (Å²) >= 11 is 0. The Morgan fingerprint density at radius 3 is 2.36 bits per heavy atom. The molecule has 1 aliphatic carbocycles. The molecule has 1 aliphatic rings. The van der Waals surface area contributed by atoms with E-state index in [1.807, 2.05) is 6.08 Å². The second kappa shape index (κ2) is 8.94. The zero-order valence-corrected chi connectivity index (χ0v) is 14.0. The van der Waals surface area contributed by atoms with Crippen LogP contribution < -0.4 is 4.74 Å². The number of hydrogen-bond donors (Lipinski definition) is 0. The van der Waals surface area contributed by atoms with Crippen LogP contribution in [-0.2, 0) is 0 Å². The van der Waals surface area contributed by atoms with Gasteiger partial charge in [-0.25, -0.2) is 0 Å². The normalized spacial score (nSPS) is 21.8. The highest BCUT2D eigenvalue weighted by atomic mass is 19.4. The van der Waals surface area contributed by atoms with E-state index in [1.54, 1.807) is 12.1 Å². The van der Waals surface area contributed by atoms with E-state index in [0.29, 0.717) is 11.5 Å². The van der Waals surface area contributed by atoms with Crippen molar-refractivity contribution >= 4 is 0 Å². The molecule has 0 amide bonds. The molecular formula is C20H22F4O. The minimum absolute atomic E-state index is 0.168. The van der Waals surface area contributed by atoms with Gasteiger partial charge in [0.05, 0.1) is 0 Å². The van der Waals surface area contributed by atoms with E-state index in [-0.39, 0.29) is 5.75 Å². The number of ether oxygens (including phenoxy) is 1. The van der Waals surface area contributed by atoms with Crippen molar-refractivity contribution in [2.24, 2.45) is 11.8 Å². The van der Waals surface area contributed by atoms with E-state index in [1.165, 1.54) is 31.4 Å². The summed E-state index contributed by atoms with van der Waals surface area (Å²) in [5.74, 6) is 7.23. The molecule has 1 saturated carbocycles. The highest BCUT2D eigenvalue weighted by Crippen LogP contribution is 2.31. The van der Waals surface area contributed by atoms with E-state index < -0.39 is 12.5 Å². The van der Waals surface area contributed by atoms with Gasteiger partial charge in [-0.1, -0.05) is 17.9 Å². The predicted molar refractivity (Wildman–Crippen MR) is 89.8 cm³/mol. The van der Waals surface area contributed by atoms with Gasteiger partial charge in [0.2, 0.25) is 0 Å². The van der Waals surface area contributed by atoms with Crippen LogP contribution in [0, 0.1) is 23.7 Å². The van der Waals surface area contributed by atoms with E-state index in [0.717, 1.165) is 25.2 Å². The second-order valence-electron chi connectivity index (χ2n) is 6.35. The molecule has 0 N–H and O–H groups in total. The van der Waals surface area contributed by atoms with Gasteiger partial charge in [0.15, 0.2) is 0 Å². The molecule has 1 aromatic rings. The van der Waals surface area contributed by atoms with Crippen molar-refractivity contribution in [2.45, 2.75) is 51.1 Å². The maximum absolute atomic E-state index is 12.8. The standard InChI is InChI=1S/C20H22F4O/c1-2-3-4-15-5-7-16(8-6-15)9-10-17-11-13-18(14-12-17)25-19(21)20(22,23)24/h2,11-16,19H,1,3-8H2/t15-,16-,19?. The number of allylic oxidation sites excluding steroid dienone is 1. The van der Waals surface area contributed by atoms with E-state index in [4.69, 9.17) is 0 Å². The maximum atomic E-state index is 12.8. The first-order chi connectivity index (χ1) is 11.9. The Hall–Kier alpha value is -1.96. The first-order valence-electron chi connectivity index (χ1n) is 8.48. The lowest BCUT2D eigenvalue weighted by Crippen LogP contribution is -2.29. The molecule has 5 heteroatoms. The number of rotatable bonds is 5. The molecule has 1 aromatic carbocycles. The molecule has 0 spiro atoms. The molecule has 1 unspecified atom stereocenters. The van der Waals surface area contributed by atoms with Crippen molar-refractivity contribution in [3.05, 3.63) is 42.5 Å². The first-order valence-corrected chi connectivity index (χ1v) is 8.48. The van der Waals surface area contributed by atoms with Gasteiger partial charge in [-0.3, -0.25) is 0 Å². The fourth-order valence-corrected chi connectivity index (χ4v) is 2.94. The average molecular weight is 354 g/mol. The minimum atomic E-state index is -5.02. The number of hydrogen-bond acceptors (Lipinski definition) is 1. The SMILES string of the molecule is C=CCC[C@H]1CC[C@H](C#Cc2ccc(OC(F)C(F)(F)F)cc2)CC1. The Morgan fingerprint density at radius 2 is 1.80 bits per heavy atom. The van der Waals surface area contributed by atoms with Crippen LogP contribution in [0.4, 0.5) is 17.6 Å². The fraction of sp³-hybridized carbons (Fsp3) is 0.500. The Bertz CT molecular complexity index is 601. The van der Waals surface area contributed by atoms with Crippen LogP contribution in [-0.4, -0.2) is 12.5 Å². The smallest absolute Gasteiger partial charge is 0.452 e. The topological polar surface area (TPSA) is 9.23 Å². The van der Waals surface area contributed by atoms with Gasteiger partial charge in [0.25, 0.3) is 0 Å². The van der Waals surface area contributed by atoms with Crippen LogP contribution in [0.25, 0.3) is 0 Å². The van der Waals surface area contributed by atoms with Gasteiger partial charge in [-0.15, -0.1) is 6.58 Å². The van der Waals surface area contributed by atoms with E-state index >= 15 is 0 Å². The Balaban J connectivity index is 1.84. The summed E-state index contributed by atoms with van der Waals surface area (Å²) in [5, 5.41) is 0. The van der Waals surface area contributed by atoms with Crippen molar-refractivity contribution in [3.8, 4) is 17.6 Å². The van der Waals surface area contributed by atoms with E-state index in [2.05, 4.69) is 23.2 Å². The third kappa shape index (κ3) is 6.45. The second-order valence-corrected chi connectivity index (χ2v) is 6.35. The molecular weight excluding hydrogens is 332 g/mol. The molecule has 0 bridgehead atoms. The first kappa shape index (κ1) is 19.4. The molecule has 0 aromatic heterocycles. The van der Waals surface area contributed by atoms with Gasteiger partial charge in [0, 0.05) is 11.5 Å². The van der Waals surface area contributed by atoms with E-state index in [9.17, 15) is 17.6 Å². The molecule has 136 valence electrons. The molecule has 1 atom stereocenters. The summed E-state index contributed by atoms with van der Waals surface area (Å²) < 4.78 is 53.4. The van der Waals surface area contributed by atoms with Crippen LogP contribution in [0.2, 0.25) is 0 Å². The predicted octanol–water partition coefficient (Wildman–Crippen LogP) is 6.05. The summed E-state index contributed by atoms with van der Waals surface area (Å²) in [6.07, 6.45) is 0.367. The van der Waals surface area contributed by atoms with Crippen LogP contribution in [0.3, 0.4) is 0 Å². The zero-order valence-electron chi connectivity index (χ0n) is 14.0. The van der Waals surface area contributed by atoms with Gasteiger partial charge in [-0.05, 0) is 68.7 Å². The van der Waals surface area contributed by atoms with Crippen LogP contribution in [0.1, 0.15) is 44.1 Å². The molecule has 0 saturated heterocycles. The average Bonchev–Trinajstić information content (AvgIpc) is 2.59. The van der Waals surface area contributed by atoms with Crippen LogP contribution in [0.15, 0.2) is 36.9 Å². The Labute approximate surface area is 146 Å². The van der Waals surface area contributed by atoms with Crippen molar-refractivity contribution in [1.82, 2.24) is 0 Å². The van der Waals surface area contributed by atoms with Gasteiger partial charge in [0.1, 0.15) is 5.75 Å². The highest BCUT2D eigenvalue weighted by molar-refractivity contribution is 5.38. The van der Waals surface area contributed by atoms with Crippen molar-refractivity contribution < 1.29 is 22.3 Å². The van der Waals surface area contributed by atoms with Crippen LogP contribution >= 0.6 is 0 Å². The molecule has 1 nitrogen and oxygen atoms in total. The molecule has 0 heterocycles. The lowest BCUT2D eigenvalue weighted by molar-refractivity contribution is -0.236. The summed E-state index contributed by atoms with van der Waals surface area (Å²) in [4.78, 5) is 0. The fourth-order valence-electron chi connectivity index (χ4n) is 2.94. The Morgan fingerprint density at radius 1 is 1.16 bits per heavy atom. The van der Waals surface area contributed by atoms with Crippen molar-refractivity contribution in [1.29, 1.82) is 0 Å². The summed E-state index contributed by atoms with van der Waals surface area (Å²) in [7, 11) is 0. The van der Waals surface area contributed by atoms with Gasteiger partial charge >= 0.3 is 12.5 Å². The third-order valence-corrected chi connectivity index (χ3v) is 4.40. The minimum Gasteiger partial charge on any atom is -0.452 e. The molecule has 1 fully saturated rings. The molecule has 25 heavy (non-hydrogen) atoms. The third-order valence-electron chi connectivity index (χ3n) is 4.40. The van der Waals surface area contributed by atoms with Crippen LogP contribution in [0.5, 0.6) is 5.75 Å². The van der Waals surface area contributed by atoms with Gasteiger partial charge in [-0.2, -0.15) is 17.6 Å². The molecule has 0 aliphatic heterocycles. The zero-order chi connectivity index (χ0) is 18.3. The largest absolute Gasteiger partial charge is 0.457 e. The number of alkyl halides is 4. The van der Waals surface area contributed by atoms with Crippen molar-refractivity contribution in [3.63, 3.8) is 0 Å². The highest BCUT2D eigenvalue weighted by Gasteiger charge is 2.42. The monoisotopic (exact) mass is 354 g/mol. The lowest BCUT2D eigenvalue weighted by Gasteiger charge is -2.25. The lowest BCUT2D eigenvalue weighted by atomic mass is 9.80.